The number of fused-ring (bicyclic) bond motifs is 1. The number of ether oxygens (including phenoxy) is 1. The highest BCUT2D eigenvalue weighted by Crippen LogP contribution is 2.13. The quantitative estimate of drug-likeness (QED) is 0.689. The number of nitrogens with zero attached hydrogens (tertiary/aromatic N) is 1. The summed E-state index contributed by atoms with van der Waals surface area (Å²) < 4.78 is 5.48. The second kappa shape index (κ2) is 5.07. The van der Waals surface area contributed by atoms with Gasteiger partial charge in [-0.15, -0.1) is 0 Å². The number of amides is 1. The first kappa shape index (κ1) is 11.7. The number of carbonyl (C=O) groups is 1. The minimum Gasteiger partial charge on any atom is -0.376 e. The number of H-pyrrole nitrogens is 1. The summed E-state index contributed by atoms with van der Waals surface area (Å²) in [5.41, 5.74) is 2.07. The van der Waals surface area contributed by atoms with E-state index in [4.69, 9.17) is 4.74 Å². The van der Waals surface area contributed by atoms with E-state index in [9.17, 15) is 4.79 Å². The summed E-state index contributed by atoms with van der Waals surface area (Å²) in [5.74, 6) is 0.0409. The lowest BCUT2D eigenvalue weighted by Crippen LogP contribution is -2.49. The number of imidazole rings is 1. The summed E-state index contributed by atoms with van der Waals surface area (Å²) in [6, 6.07) is -0.179. The molecule has 1 amide bonds. The summed E-state index contributed by atoms with van der Waals surface area (Å²) in [6.45, 7) is 2.11. The zero-order valence-electron chi connectivity index (χ0n) is 10.2. The number of hydrogen-bond acceptors (Lipinski definition) is 4. The maximum Gasteiger partial charge on any atom is 0.237 e. The van der Waals surface area contributed by atoms with Crippen molar-refractivity contribution in [3.05, 3.63) is 17.7 Å². The van der Waals surface area contributed by atoms with Crippen molar-refractivity contribution >= 4 is 5.91 Å². The lowest BCUT2D eigenvalue weighted by atomic mass is 10.0. The molecule has 2 unspecified atom stereocenters. The van der Waals surface area contributed by atoms with Crippen molar-refractivity contribution in [2.45, 2.75) is 38.0 Å². The molecule has 3 rings (SSSR count). The Morgan fingerprint density at radius 3 is 3.39 bits per heavy atom. The van der Waals surface area contributed by atoms with Gasteiger partial charge in [-0.05, 0) is 12.8 Å². The molecule has 0 aliphatic carbocycles. The monoisotopic (exact) mass is 250 g/mol. The van der Waals surface area contributed by atoms with Gasteiger partial charge in [-0.3, -0.25) is 10.1 Å². The Morgan fingerprint density at radius 1 is 1.61 bits per heavy atom. The summed E-state index contributed by atoms with van der Waals surface area (Å²) >= 11 is 0. The fraction of sp³-hybridized carbons (Fsp3) is 0.667. The van der Waals surface area contributed by atoms with Crippen molar-refractivity contribution < 1.29 is 9.53 Å². The Kier molecular flexibility index (Phi) is 3.29. The second-order valence-corrected chi connectivity index (χ2v) is 4.85. The van der Waals surface area contributed by atoms with Crippen molar-refractivity contribution in [3.63, 3.8) is 0 Å². The molecule has 3 N–H and O–H groups in total. The molecule has 6 nitrogen and oxygen atoms in total. The number of hydrogen-bond donors (Lipinski definition) is 3. The minimum atomic E-state index is -0.179. The number of aromatic amines is 1. The molecule has 1 saturated heterocycles. The number of rotatable bonds is 3. The average molecular weight is 250 g/mol. The van der Waals surface area contributed by atoms with Gasteiger partial charge in [-0.1, -0.05) is 0 Å². The van der Waals surface area contributed by atoms with Gasteiger partial charge in [0.05, 0.1) is 29.9 Å². The molecule has 1 aromatic heterocycles. The Labute approximate surface area is 106 Å². The third-order valence-electron chi connectivity index (χ3n) is 3.57. The van der Waals surface area contributed by atoms with Crippen molar-refractivity contribution in [3.8, 4) is 0 Å². The SMILES string of the molecule is O=C(NCC1CCCO1)C1Cc2nc[nH]c2CN1. The van der Waals surface area contributed by atoms with Crippen LogP contribution in [0.15, 0.2) is 6.33 Å². The number of carbonyl (C=O) groups excluding carboxylic acids is 1. The summed E-state index contributed by atoms with van der Waals surface area (Å²) in [7, 11) is 0. The van der Waals surface area contributed by atoms with E-state index in [1.54, 1.807) is 6.33 Å². The highest BCUT2D eigenvalue weighted by molar-refractivity contribution is 5.82. The molecule has 98 valence electrons. The second-order valence-electron chi connectivity index (χ2n) is 4.85. The molecule has 2 atom stereocenters. The Hall–Kier alpha value is -1.40. The smallest absolute Gasteiger partial charge is 0.237 e. The van der Waals surface area contributed by atoms with Gasteiger partial charge in [-0.2, -0.15) is 0 Å². The van der Waals surface area contributed by atoms with E-state index >= 15 is 0 Å². The van der Waals surface area contributed by atoms with Crippen LogP contribution in [0.25, 0.3) is 0 Å². The van der Waals surface area contributed by atoms with Crippen molar-refractivity contribution in [2.75, 3.05) is 13.2 Å². The van der Waals surface area contributed by atoms with Crippen LogP contribution in [-0.4, -0.2) is 41.2 Å². The van der Waals surface area contributed by atoms with Gasteiger partial charge in [0.15, 0.2) is 0 Å². The van der Waals surface area contributed by atoms with Gasteiger partial charge in [0, 0.05) is 26.1 Å². The van der Waals surface area contributed by atoms with E-state index in [-0.39, 0.29) is 18.1 Å². The fourth-order valence-electron chi connectivity index (χ4n) is 2.50. The molecule has 18 heavy (non-hydrogen) atoms. The van der Waals surface area contributed by atoms with Crippen LogP contribution in [0.2, 0.25) is 0 Å². The minimum absolute atomic E-state index is 0.0409. The maximum absolute atomic E-state index is 12.0. The van der Waals surface area contributed by atoms with Crippen molar-refractivity contribution in [2.24, 2.45) is 0 Å². The van der Waals surface area contributed by atoms with Gasteiger partial charge >= 0.3 is 0 Å². The van der Waals surface area contributed by atoms with Crippen molar-refractivity contribution in [1.82, 2.24) is 20.6 Å². The van der Waals surface area contributed by atoms with Crippen LogP contribution in [0.1, 0.15) is 24.2 Å². The molecule has 6 heteroatoms. The van der Waals surface area contributed by atoms with Gasteiger partial charge in [0.2, 0.25) is 5.91 Å². The van der Waals surface area contributed by atoms with E-state index in [1.807, 2.05) is 0 Å². The molecule has 1 fully saturated rings. The lowest BCUT2D eigenvalue weighted by Gasteiger charge is -2.22. The van der Waals surface area contributed by atoms with Gasteiger partial charge in [0.1, 0.15) is 0 Å². The van der Waals surface area contributed by atoms with Crippen LogP contribution in [0.3, 0.4) is 0 Å². The van der Waals surface area contributed by atoms with Crippen LogP contribution >= 0.6 is 0 Å². The fourth-order valence-corrected chi connectivity index (χ4v) is 2.50. The van der Waals surface area contributed by atoms with E-state index in [1.165, 1.54) is 0 Å². The van der Waals surface area contributed by atoms with Crippen LogP contribution < -0.4 is 10.6 Å². The summed E-state index contributed by atoms with van der Waals surface area (Å²) in [5, 5.41) is 6.17. The van der Waals surface area contributed by atoms with Crippen molar-refractivity contribution in [1.29, 1.82) is 0 Å². The van der Waals surface area contributed by atoms with Crippen LogP contribution in [-0.2, 0) is 22.5 Å². The van der Waals surface area contributed by atoms with Crippen LogP contribution in [0, 0.1) is 0 Å². The highest BCUT2D eigenvalue weighted by atomic mass is 16.5. The molecule has 2 aliphatic rings. The molecular weight excluding hydrogens is 232 g/mol. The molecule has 0 saturated carbocycles. The molecule has 0 bridgehead atoms. The molecule has 2 aliphatic heterocycles. The first-order valence-corrected chi connectivity index (χ1v) is 6.47. The number of aromatic nitrogens is 2. The normalized spacial score (nSPS) is 26.9. The lowest BCUT2D eigenvalue weighted by molar-refractivity contribution is -0.123. The first-order valence-electron chi connectivity index (χ1n) is 6.47. The highest BCUT2D eigenvalue weighted by Gasteiger charge is 2.26. The van der Waals surface area contributed by atoms with E-state index in [0.717, 1.165) is 30.8 Å². The standard InChI is InChI=1S/C12H18N4O2/c17-12(14-5-8-2-1-3-18-8)10-4-9-11(6-13-10)16-7-15-9/h7-8,10,13H,1-6H2,(H,14,17)(H,15,16). The van der Waals surface area contributed by atoms with Gasteiger partial charge in [0.25, 0.3) is 0 Å². The average Bonchev–Trinajstić information content (AvgIpc) is 3.05. The Bertz CT molecular complexity index is 425. The summed E-state index contributed by atoms with van der Waals surface area (Å²) in [4.78, 5) is 19.3. The third kappa shape index (κ3) is 2.39. The molecular formula is C12H18N4O2. The van der Waals surface area contributed by atoms with E-state index in [2.05, 4.69) is 20.6 Å². The first-order chi connectivity index (χ1) is 8.83. The number of nitrogens with one attached hydrogen (secondary N) is 3. The predicted octanol–water partition coefficient (Wildman–Crippen LogP) is -0.281. The van der Waals surface area contributed by atoms with E-state index in [0.29, 0.717) is 19.5 Å². The molecule has 0 spiro atoms. The van der Waals surface area contributed by atoms with Gasteiger partial charge in [-0.25, -0.2) is 4.98 Å². The predicted molar refractivity (Wildman–Crippen MR) is 64.9 cm³/mol. The molecule has 0 aromatic carbocycles. The third-order valence-corrected chi connectivity index (χ3v) is 3.57. The zero-order valence-corrected chi connectivity index (χ0v) is 10.2. The van der Waals surface area contributed by atoms with E-state index < -0.39 is 0 Å². The Morgan fingerprint density at radius 2 is 2.56 bits per heavy atom. The largest absolute Gasteiger partial charge is 0.376 e. The molecule has 1 aromatic rings. The van der Waals surface area contributed by atoms with Gasteiger partial charge < -0.3 is 15.0 Å². The summed E-state index contributed by atoms with van der Waals surface area (Å²) in [6.07, 6.45) is 4.66. The maximum atomic E-state index is 12.0. The zero-order chi connectivity index (χ0) is 12.4. The Balaban J connectivity index is 1.51. The van der Waals surface area contributed by atoms with Crippen LogP contribution in [0.4, 0.5) is 0 Å². The molecule has 3 heterocycles. The molecule has 0 radical (unpaired) electrons. The topological polar surface area (TPSA) is 79.0 Å². The van der Waals surface area contributed by atoms with Crippen LogP contribution in [0.5, 0.6) is 0 Å².